The molecule has 112 valence electrons. The van der Waals surface area contributed by atoms with E-state index in [4.69, 9.17) is 9.84 Å². The van der Waals surface area contributed by atoms with Crippen LogP contribution in [-0.4, -0.2) is 45.3 Å². The zero-order chi connectivity index (χ0) is 15.2. The summed E-state index contributed by atoms with van der Waals surface area (Å²) in [5, 5.41) is 17.1. The highest BCUT2D eigenvalue weighted by molar-refractivity contribution is 7.99. The third-order valence-corrected chi connectivity index (χ3v) is 3.63. The minimum absolute atomic E-state index is 0.137. The van der Waals surface area contributed by atoms with Crippen molar-refractivity contribution in [3.05, 3.63) is 30.1 Å². The van der Waals surface area contributed by atoms with Crippen LogP contribution in [-0.2, 0) is 16.1 Å². The van der Waals surface area contributed by atoms with Gasteiger partial charge < -0.3 is 9.84 Å². The molecule has 0 bridgehead atoms. The molecule has 0 spiro atoms. The summed E-state index contributed by atoms with van der Waals surface area (Å²) in [6.45, 7) is 0.801. The summed E-state index contributed by atoms with van der Waals surface area (Å²) in [5.41, 5.74) is 0.322. The molecule has 0 aliphatic heterocycles. The van der Waals surface area contributed by atoms with E-state index in [1.807, 2.05) is 0 Å². The number of thioether (sulfide) groups is 1. The van der Waals surface area contributed by atoms with Crippen LogP contribution < -0.4 is 0 Å². The summed E-state index contributed by atoms with van der Waals surface area (Å²) in [6.07, 6.45) is 0. The van der Waals surface area contributed by atoms with Crippen molar-refractivity contribution in [2.45, 2.75) is 11.7 Å². The van der Waals surface area contributed by atoms with Crippen LogP contribution in [0.15, 0.2) is 29.4 Å². The minimum Gasteiger partial charge on any atom is -0.481 e. The summed E-state index contributed by atoms with van der Waals surface area (Å²) < 4.78 is 20.6. The lowest BCUT2D eigenvalue weighted by Gasteiger charge is -2.09. The van der Waals surface area contributed by atoms with E-state index in [1.54, 1.807) is 29.9 Å². The molecule has 0 unspecified atom stereocenters. The van der Waals surface area contributed by atoms with E-state index in [2.05, 4.69) is 10.2 Å². The highest BCUT2D eigenvalue weighted by Crippen LogP contribution is 2.25. The summed E-state index contributed by atoms with van der Waals surface area (Å²) in [4.78, 5) is 10.7. The number of carbonyl (C=O) groups is 1. The first kappa shape index (κ1) is 15.5. The van der Waals surface area contributed by atoms with Gasteiger partial charge in [-0.2, -0.15) is 0 Å². The number of carboxylic acid groups (broad SMARTS) is 1. The Balaban J connectivity index is 2.36. The van der Waals surface area contributed by atoms with Gasteiger partial charge in [0.2, 0.25) is 0 Å². The number of methoxy groups -OCH3 is 1. The highest BCUT2D eigenvalue weighted by atomic mass is 32.2. The van der Waals surface area contributed by atoms with Gasteiger partial charge in [-0.15, -0.1) is 10.2 Å². The van der Waals surface area contributed by atoms with Crippen molar-refractivity contribution < 1.29 is 19.0 Å². The Bertz CT molecular complexity index is 633. The average Bonchev–Trinajstić information content (AvgIpc) is 2.86. The number of hydrogen-bond acceptors (Lipinski definition) is 5. The van der Waals surface area contributed by atoms with Gasteiger partial charge in [0, 0.05) is 7.11 Å². The maximum Gasteiger partial charge on any atom is 0.313 e. The fourth-order valence-corrected chi connectivity index (χ4v) is 2.43. The second-order valence-corrected chi connectivity index (χ2v) is 5.06. The third-order valence-electron chi connectivity index (χ3n) is 2.68. The normalized spacial score (nSPS) is 10.8. The number of aromatic nitrogens is 3. The molecule has 1 aromatic carbocycles. The lowest BCUT2D eigenvalue weighted by Crippen LogP contribution is -2.09. The van der Waals surface area contributed by atoms with Crippen LogP contribution in [0.4, 0.5) is 4.39 Å². The van der Waals surface area contributed by atoms with E-state index < -0.39 is 11.8 Å². The van der Waals surface area contributed by atoms with Crippen molar-refractivity contribution in [1.29, 1.82) is 0 Å². The van der Waals surface area contributed by atoms with Gasteiger partial charge in [-0.05, 0) is 12.1 Å². The predicted octanol–water partition coefficient (Wildman–Crippen LogP) is 1.91. The van der Waals surface area contributed by atoms with Crippen molar-refractivity contribution in [1.82, 2.24) is 14.8 Å². The Morgan fingerprint density at radius 3 is 2.86 bits per heavy atom. The van der Waals surface area contributed by atoms with E-state index in [9.17, 15) is 9.18 Å². The zero-order valence-electron chi connectivity index (χ0n) is 11.3. The van der Waals surface area contributed by atoms with Crippen LogP contribution in [0.5, 0.6) is 0 Å². The maximum absolute atomic E-state index is 13.9. The number of benzene rings is 1. The smallest absolute Gasteiger partial charge is 0.313 e. The van der Waals surface area contributed by atoms with Gasteiger partial charge in [0.15, 0.2) is 11.0 Å². The Kier molecular flexibility index (Phi) is 5.29. The molecular weight excluding hydrogens is 297 g/mol. The minimum atomic E-state index is -0.950. The Labute approximate surface area is 124 Å². The molecule has 0 saturated heterocycles. The topological polar surface area (TPSA) is 77.2 Å². The molecule has 0 amide bonds. The molecule has 2 aromatic rings. The standard InChI is InChI=1S/C13H14FN3O3S/c1-20-7-6-17-12(9-4-2-3-5-10(9)14)15-16-13(17)21-8-11(18)19/h2-5H,6-8H2,1H3,(H,18,19). The number of carboxylic acids is 1. The van der Waals surface area contributed by atoms with Crippen molar-refractivity contribution in [2.24, 2.45) is 0 Å². The SMILES string of the molecule is COCCn1c(SCC(=O)O)nnc1-c1ccccc1F. The fraction of sp³-hybridized carbons (Fsp3) is 0.308. The summed E-state index contributed by atoms with van der Waals surface area (Å²) in [5.74, 6) is -1.13. The first-order valence-electron chi connectivity index (χ1n) is 6.15. The van der Waals surface area contributed by atoms with Gasteiger partial charge in [-0.3, -0.25) is 9.36 Å². The van der Waals surface area contributed by atoms with E-state index in [-0.39, 0.29) is 5.75 Å². The molecule has 21 heavy (non-hydrogen) atoms. The number of rotatable bonds is 7. The van der Waals surface area contributed by atoms with Crippen molar-refractivity contribution in [2.75, 3.05) is 19.5 Å². The maximum atomic E-state index is 13.9. The van der Waals surface area contributed by atoms with Crippen LogP contribution in [0.3, 0.4) is 0 Å². The predicted molar refractivity (Wildman–Crippen MR) is 75.7 cm³/mol. The number of ether oxygens (including phenoxy) is 1. The van der Waals surface area contributed by atoms with Gasteiger partial charge >= 0.3 is 5.97 Å². The van der Waals surface area contributed by atoms with Gasteiger partial charge in [-0.25, -0.2) is 4.39 Å². The van der Waals surface area contributed by atoms with Crippen LogP contribution >= 0.6 is 11.8 Å². The molecule has 6 nitrogen and oxygen atoms in total. The lowest BCUT2D eigenvalue weighted by molar-refractivity contribution is -0.133. The quantitative estimate of drug-likeness (QED) is 0.787. The van der Waals surface area contributed by atoms with E-state index in [0.717, 1.165) is 11.8 Å². The number of aliphatic carboxylic acids is 1. The molecule has 0 radical (unpaired) electrons. The monoisotopic (exact) mass is 311 g/mol. The van der Waals surface area contributed by atoms with Gasteiger partial charge in [0.25, 0.3) is 0 Å². The molecule has 0 fully saturated rings. The molecule has 0 saturated carbocycles. The van der Waals surface area contributed by atoms with Crippen LogP contribution in [0, 0.1) is 5.82 Å². The number of halogens is 1. The second kappa shape index (κ2) is 7.19. The zero-order valence-corrected chi connectivity index (χ0v) is 12.1. The van der Waals surface area contributed by atoms with E-state index in [1.165, 1.54) is 6.07 Å². The molecule has 8 heteroatoms. The van der Waals surface area contributed by atoms with Gasteiger partial charge in [0.1, 0.15) is 5.82 Å². The van der Waals surface area contributed by atoms with E-state index in [0.29, 0.717) is 29.7 Å². The first-order chi connectivity index (χ1) is 10.1. The number of hydrogen-bond donors (Lipinski definition) is 1. The van der Waals surface area contributed by atoms with Crippen molar-refractivity contribution in [3.63, 3.8) is 0 Å². The molecule has 1 heterocycles. The summed E-state index contributed by atoms with van der Waals surface area (Å²) in [6, 6.07) is 6.25. The highest BCUT2D eigenvalue weighted by Gasteiger charge is 2.17. The molecule has 1 N–H and O–H groups in total. The average molecular weight is 311 g/mol. The Hall–Kier alpha value is -1.93. The molecule has 0 aliphatic rings. The van der Waals surface area contributed by atoms with Crippen LogP contribution in [0.25, 0.3) is 11.4 Å². The second-order valence-electron chi connectivity index (χ2n) is 4.11. The van der Waals surface area contributed by atoms with Crippen molar-refractivity contribution >= 4 is 17.7 Å². The molecule has 0 atom stereocenters. The molecule has 2 rings (SSSR count). The largest absolute Gasteiger partial charge is 0.481 e. The van der Waals surface area contributed by atoms with Gasteiger partial charge in [0.05, 0.1) is 24.5 Å². The van der Waals surface area contributed by atoms with Crippen LogP contribution in [0.2, 0.25) is 0 Å². The van der Waals surface area contributed by atoms with Crippen molar-refractivity contribution in [3.8, 4) is 11.4 Å². The Morgan fingerprint density at radius 1 is 1.43 bits per heavy atom. The Morgan fingerprint density at radius 2 is 2.19 bits per heavy atom. The summed E-state index contributed by atoms with van der Waals surface area (Å²) in [7, 11) is 1.55. The lowest BCUT2D eigenvalue weighted by atomic mass is 10.2. The summed E-state index contributed by atoms with van der Waals surface area (Å²) >= 11 is 1.04. The molecule has 0 aliphatic carbocycles. The van der Waals surface area contributed by atoms with E-state index >= 15 is 0 Å². The fourth-order valence-electron chi connectivity index (χ4n) is 1.75. The first-order valence-corrected chi connectivity index (χ1v) is 7.13. The van der Waals surface area contributed by atoms with Crippen LogP contribution in [0.1, 0.15) is 0 Å². The molecular formula is C13H14FN3O3S. The molecule has 1 aromatic heterocycles. The third kappa shape index (κ3) is 3.79. The van der Waals surface area contributed by atoms with Gasteiger partial charge in [-0.1, -0.05) is 23.9 Å². The number of nitrogens with zero attached hydrogens (tertiary/aromatic N) is 3.